The minimum absolute atomic E-state index is 0.227. The number of unbranched alkanes of at least 4 members (excludes halogenated alkanes) is 1. The number of aliphatic carboxylic acids is 1. The summed E-state index contributed by atoms with van der Waals surface area (Å²) < 4.78 is 1.00. The minimum atomic E-state index is -1.44. The first-order valence-electron chi connectivity index (χ1n) is 6.89. The second-order valence-corrected chi connectivity index (χ2v) is 4.62. The van der Waals surface area contributed by atoms with Crippen LogP contribution in [-0.4, -0.2) is 45.8 Å². The number of rotatable bonds is 8. The van der Waals surface area contributed by atoms with Crippen molar-refractivity contribution < 1.29 is 19.8 Å². The van der Waals surface area contributed by atoms with Crippen molar-refractivity contribution in [3.63, 3.8) is 0 Å². The van der Waals surface area contributed by atoms with E-state index in [1.54, 1.807) is 0 Å². The summed E-state index contributed by atoms with van der Waals surface area (Å²) in [5.74, 6) is -2.67. The first kappa shape index (κ1) is 18.1. The van der Waals surface area contributed by atoms with Gasteiger partial charge in [0.05, 0.1) is 12.5 Å². The van der Waals surface area contributed by atoms with Crippen LogP contribution in [0, 0.1) is 0 Å². The molecule has 0 saturated heterocycles. The second-order valence-electron chi connectivity index (χ2n) is 4.62. The molecule has 0 aliphatic rings. The number of carboxylic acid groups (broad SMARTS) is 1. The Morgan fingerprint density at radius 1 is 1.43 bits per heavy atom. The van der Waals surface area contributed by atoms with Crippen molar-refractivity contribution >= 4 is 18.1 Å². The van der Waals surface area contributed by atoms with E-state index in [1.165, 1.54) is 0 Å². The number of aromatic hydroxyl groups is 1. The van der Waals surface area contributed by atoms with Crippen LogP contribution in [-0.2, 0) is 16.1 Å². The summed E-state index contributed by atoms with van der Waals surface area (Å²) in [5, 5.41) is 22.2. The van der Waals surface area contributed by atoms with Gasteiger partial charge < -0.3 is 20.3 Å². The Labute approximate surface area is 130 Å². The number of H-pyrrole nitrogens is 1. The topological polar surface area (TPSA) is 157 Å². The lowest BCUT2D eigenvalue weighted by Gasteiger charge is -2.08. The number of nitrogens with one attached hydrogen (secondary N) is 2. The van der Waals surface area contributed by atoms with Crippen LogP contribution < -0.4 is 21.7 Å². The van der Waals surface area contributed by atoms with Crippen molar-refractivity contribution in [2.24, 2.45) is 4.99 Å². The Bertz CT molecular complexity index is 718. The number of nitrogens with zero attached hydrogens (tertiary/aromatic N) is 2. The first-order valence-corrected chi connectivity index (χ1v) is 6.89. The van der Waals surface area contributed by atoms with Gasteiger partial charge in [-0.25, -0.2) is 4.79 Å². The van der Waals surface area contributed by atoms with Crippen molar-refractivity contribution in [3.05, 3.63) is 26.4 Å². The summed E-state index contributed by atoms with van der Waals surface area (Å²) in [6, 6.07) is 0. The van der Waals surface area contributed by atoms with Crippen molar-refractivity contribution in [1.29, 1.82) is 0 Å². The fourth-order valence-corrected chi connectivity index (χ4v) is 1.66. The van der Waals surface area contributed by atoms with E-state index < -0.39 is 42.1 Å². The Kier molecular flexibility index (Phi) is 6.71. The summed E-state index contributed by atoms with van der Waals surface area (Å²) >= 11 is 0. The van der Waals surface area contributed by atoms with Crippen LogP contribution in [0.3, 0.4) is 0 Å². The number of aliphatic imine (C=N–C) groups is 1. The third kappa shape index (κ3) is 5.41. The zero-order chi connectivity index (χ0) is 17.4. The fourth-order valence-electron chi connectivity index (χ4n) is 1.66. The summed E-state index contributed by atoms with van der Waals surface area (Å²) in [7, 11) is 0. The van der Waals surface area contributed by atoms with E-state index in [-0.39, 0.29) is 12.1 Å². The fraction of sp³-hybridized carbons (Fsp3) is 0.462. The lowest BCUT2D eigenvalue weighted by Crippen LogP contribution is -2.38. The van der Waals surface area contributed by atoms with Crippen molar-refractivity contribution in [2.75, 3.05) is 13.1 Å². The molecule has 0 radical (unpaired) electrons. The summed E-state index contributed by atoms with van der Waals surface area (Å²) in [4.78, 5) is 50.4. The molecule has 126 valence electrons. The number of carboxylic acids is 1. The average Bonchev–Trinajstić information content (AvgIpc) is 2.48. The summed E-state index contributed by atoms with van der Waals surface area (Å²) in [6.45, 7) is 1.04. The highest BCUT2D eigenvalue weighted by Gasteiger charge is 2.12. The molecule has 1 heterocycles. The number of carbonyl (C=O) groups excluding carboxylic acids is 2. The van der Waals surface area contributed by atoms with Crippen LogP contribution in [0.5, 0.6) is 5.88 Å². The Hall–Kier alpha value is -2.91. The average molecular weight is 325 g/mol. The van der Waals surface area contributed by atoms with Gasteiger partial charge in [-0.3, -0.25) is 24.1 Å². The van der Waals surface area contributed by atoms with Crippen LogP contribution in [0.15, 0.2) is 14.6 Å². The van der Waals surface area contributed by atoms with Gasteiger partial charge in [0, 0.05) is 12.8 Å². The van der Waals surface area contributed by atoms with Gasteiger partial charge in [0.15, 0.2) is 0 Å². The molecule has 0 atom stereocenters. The van der Waals surface area contributed by atoms with E-state index in [0.717, 1.165) is 17.2 Å². The molecule has 0 unspecified atom stereocenters. The summed E-state index contributed by atoms with van der Waals surface area (Å²) in [5.41, 5.74) is -1.82. The van der Waals surface area contributed by atoms with Crippen LogP contribution in [0.1, 0.15) is 25.3 Å². The lowest BCUT2D eigenvalue weighted by molar-refractivity contribution is -0.304. The molecule has 3 N–H and O–H groups in total. The number of carbonyl (C=O) groups is 2. The highest BCUT2D eigenvalue weighted by molar-refractivity contribution is 5.86. The van der Waals surface area contributed by atoms with E-state index in [2.05, 4.69) is 4.99 Å². The maximum absolute atomic E-state index is 11.7. The third-order valence-corrected chi connectivity index (χ3v) is 2.83. The molecule has 1 amide bonds. The van der Waals surface area contributed by atoms with Gasteiger partial charge in [-0.1, -0.05) is 13.3 Å². The Morgan fingerprint density at radius 2 is 2.13 bits per heavy atom. The molecular formula is C13H17N4O6-. The van der Waals surface area contributed by atoms with Crippen LogP contribution >= 0.6 is 0 Å². The van der Waals surface area contributed by atoms with Gasteiger partial charge in [-0.15, -0.1) is 0 Å². The quantitative estimate of drug-likeness (QED) is 0.442. The smallest absolute Gasteiger partial charge is 0.331 e. The monoisotopic (exact) mass is 325 g/mol. The van der Waals surface area contributed by atoms with Gasteiger partial charge in [0.25, 0.3) is 5.56 Å². The van der Waals surface area contributed by atoms with Gasteiger partial charge in [-0.2, -0.15) is 0 Å². The molecule has 0 aromatic carbocycles. The molecule has 0 spiro atoms. The van der Waals surface area contributed by atoms with Gasteiger partial charge in [0.2, 0.25) is 11.8 Å². The molecule has 0 fully saturated rings. The molecule has 0 aliphatic carbocycles. The number of hydrogen-bond acceptors (Lipinski definition) is 7. The number of aromatic amines is 1. The maximum atomic E-state index is 11.7. The van der Waals surface area contributed by atoms with Gasteiger partial charge in [0.1, 0.15) is 12.1 Å². The maximum Gasteiger partial charge on any atom is 0.331 e. The highest BCUT2D eigenvalue weighted by atomic mass is 16.4. The molecule has 0 aliphatic heterocycles. The van der Waals surface area contributed by atoms with Crippen LogP contribution in [0.2, 0.25) is 0 Å². The number of amides is 1. The molecule has 1 aromatic heterocycles. The SMILES string of the molecule is CCCCn1c(O)c(C=NCC(=O)NCC(=O)[O-])c(=O)[nH]c1=O. The largest absolute Gasteiger partial charge is 0.548 e. The predicted molar refractivity (Wildman–Crippen MR) is 78.4 cm³/mol. The summed E-state index contributed by atoms with van der Waals surface area (Å²) in [6.07, 6.45) is 2.36. The van der Waals surface area contributed by atoms with E-state index in [1.807, 2.05) is 17.2 Å². The van der Waals surface area contributed by atoms with E-state index in [9.17, 15) is 29.4 Å². The zero-order valence-corrected chi connectivity index (χ0v) is 12.5. The van der Waals surface area contributed by atoms with E-state index >= 15 is 0 Å². The van der Waals surface area contributed by atoms with Gasteiger partial charge in [-0.05, 0) is 6.42 Å². The second kappa shape index (κ2) is 8.51. The van der Waals surface area contributed by atoms with Crippen molar-refractivity contribution in [1.82, 2.24) is 14.9 Å². The molecule has 10 heteroatoms. The Balaban J connectivity index is 2.89. The molecule has 0 bridgehead atoms. The number of aromatic nitrogens is 2. The first-order chi connectivity index (χ1) is 10.9. The molecular weight excluding hydrogens is 308 g/mol. The third-order valence-electron chi connectivity index (χ3n) is 2.83. The molecule has 1 aromatic rings. The molecule has 23 heavy (non-hydrogen) atoms. The lowest BCUT2D eigenvalue weighted by atomic mass is 10.3. The van der Waals surface area contributed by atoms with E-state index in [0.29, 0.717) is 6.42 Å². The predicted octanol–water partition coefficient (Wildman–Crippen LogP) is -2.67. The molecule has 0 saturated carbocycles. The van der Waals surface area contributed by atoms with Crippen LogP contribution in [0.4, 0.5) is 0 Å². The van der Waals surface area contributed by atoms with Crippen molar-refractivity contribution in [2.45, 2.75) is 26.3 Å². The minimum Gasteiger partial charge on any atom is -0.548 e. The van der Waals surface area contributed by atoms with Gasteiger partial charge >= 0.3 is 5.69 Å². The normalized spacial score (nSPS) is 10.8. The standard InChI is InChI=1S/C13H18N4O6/c1-2-3-4-17-12(22)8(11(21)16-13(17)23)5-14-6-9(18)15-7-10(19)20/h5,22H,2-4,6-7H2,1H3,(H,15,18)(H,19,20)(H,16,21,23)/p-1. The van der Waals surface area contributed by atoms with Crippen molar-refractivity contribution in [3.8, 4) is 5.88 Å². The highest BCUT2D eigenvalue weighted by Crippen LogP contribution is 2.08. The molecule has 10 nitrogen and oxygen atoms in total. The zero-order valence-electron chi connectivity index (χ0n) is 12.5. The molecule has 1 rings (SSSR count). The Morgan fingerprint density at radius 3 is 2.74 bits per heavy atom. The van der Waals surface area contributed by atoms with E-state index in [4.69, 9.17) is 0 Å². The number of hydrogen-bond donors (Lipinski definition) is 3. The van der Waals surface area contributed by atoms with Crippen LogP contribution in [0.25, 0.3) is 0 Å².